The molecule has 0 bridgehead atoms. The zero-order valence-corrected chi connectivity index (χ0v) is 14.6. The molecule has 1 unspecified atom stereocenters. The van der Waals surface area contributed by atoms with Crippen molar-refractivity contribution in [2.45, 2.75) is 50.9 Å². The van der Waals surface area contributed by atoms with Gasteiger partial charge in [0.1, 0.15) is 12.6 Å². The molecule has 5 heteroatoms. The summed E-state index contributed by atoms with van der Waals surface area (Å²) in [5.41, 5.74) is 1.06. The van der Waals surface area contributed by atoms with Crippen LogP contribution in [0.5, 0.6) is 0 Å². The third-order valence-electron chi connectivity index (χ3n) is 4.73. The monoisotopic (exact) mass is 342 g/mol. The Morgan fingerprint density at radius 3 is 2.74 bits per heavy atom. The number of rotatable bonds is 8. The lowest BCUT2D eigenvalue weighted by Gasteiger charge is -2.33. The van der Waals surface area contributed by atoms with Crippen LogP contribution in [0.25, 0.3) is 0 Å². The molecule has 0 saturated carbocycles. The number of aliphatic hydroxyl groups excluding tert-OH is 2. The van der Waals surface area contributed by atoms with Crippen LogP contribution in [-0.2, 0) is 4.74 Å². The number of nitrogens with one attached hydrogen (secondary N) is 1. The summed E-state index contributed by atoms with van der Waals surface area (Å²) < 4.78 is 5.81. The molecule has 1 aromatic carbocycles. The first kappa shape index (κ1) is 18.7. The fraction of sp³-hybridized carbons (Fsp3) is 0.667. The molecule has 1 saturated heterocycles. The average Bonchev–Trinajstić information content (AvgIpc) is 2.55. The molecule has 23 heavy (non-hydrogen) atoms. The van der Waals surface area contributed by atoms with E-state index in [0.717, 1.165) is 24.9 Å². The molecule has 1 aliphatic heterocycles. The molecule has 130 valence electrons. The van der Waals surface area contributed by atoms with Crippen molar-refractivity contribution in [2.75, 3.05) is 26.3 Å². The van der Waals surface area contributed by atoms with Gasteiger partial charge < -0.3 is 19.8 Å². The molecule has 0 radical (unpaired) electrons. The Hall–Kier alpha value is -0.650. The Bertz CT molecular complexity index is 452. The fourth-order valence-electron chi connectivity index (χ4n) is 3.37. The number of benzene rings is 1. The lowest BCUT2D eigenvalue weighted by molar-refractivity contribution is -0.934. The van der Waals surface area contributed by atoms with Crippen molar-refractivity contribution >= 4 is 11.6 Å². The van der Waals surface area contributed by atoms with Gasteiger partial charge in [-0.3, -0.25) is 0 Å². The van der Waals surface area contributed by atoms with Crippen LogP contribution in [0.4, 0.5) is 0 Å². The minimum absolute atomic E-state index is 0.0634. The van der Waals surface area contributed by atoms with Gasteiger partial charge in [0.15, 0.2) is 0 Å². The van der Waals surface area contributed by atoms with Crippen LogP contribution in [-0.4, -0.2) is 48.7 Å². The van der Waals surface area contributed by atoms with E-state index in [9.17, 15) is 10.2 Å². The first-order valence-corrected chi connectivity index (χ1v) is 8.98. The maximum atomic E-state index is 10.3. The second-order valence-corrected chi connectivity index (χ2v) is 6.93. The maximum Gasteiger partial charge on any atom is 0.126 e. The van der Waals surface area contributed by atoms with Crippen molar-refractivity contribution < 1.29 is 19.8 Å². The van der Waals surface area contributed by atoms with Crippen molar-refractivity contribution in [1.29, 1.82) is 0 Å². The normalized spacial score (nSPS) is 24.3. The second kappa shape index (κ2) is 9.60. The molecule has 3 N–H and O–H groups in total. The summed E-state index contributed by atoms with van der Waals surface area (Å²) in [4.78, 5) is 1.40. The smallest absolute Gasteiger partial charge is 0.126 e. The molecule has 4 atom stereocenters. The molecule has 0 amide bonds. The van der Waals surface area contributed by atoms with Gasteiger partial charge in [-0.1, -0.05) is 23.7 Å². The molecule has 1 aliphatic rings. The number of hydrogen-bond acceptors (Lipinski definition) is 3. The number of hydrogen-bond donors (Lipinski definition) is 3. The molecule has 0 aromatic heterocycles. The highest BCUT2D eigenvalue weighted by molar-refractivity contribution is 6.30. The number of halogens is 1. The summed E-state index contributed by atoms with van der Waals surface area (Å²) in [6.45, 7) is 4.32. The van der Waals surface area contributed by atoms with Crippen LogP contribution < -0.4 is 4.90 Å². The fourth-order valence-corrected chi connectivity index (χ4v) is 3.50. The van der Waals surface area contributed by atoms with Gasteiger partial charge in [-0.2, -0.15) is 0 Å². The number of ether oxygens (including phenoxy) is 1. The molecular weight excluding hydrogens is 314 g/mol. The van der Waals surface area contributed by atoms with E-state index in [0.29, 0.717) is 24.2 Å². The summed E-state index contributed by atoms with van der Waals surface area (Å²) in [7, 11) is 0. The second-order valence-electron chi connectivity index (χ2n) is 6.50. The topological polar surface area (TPSA) is 54.1 Å². The van der Waals surface area contributed by atoms with Gasteiger partial charge >= 0.3 is 0 Å². The van der Waals surface area contributed by atoms with Crippen LogP contribution in [0.15, 0.2) is 24.3 Å². The van der Waals surface area contributed by atoms with Crippen molar-refractivity contribution in [3.05, 3.63) is 34.9 Å². The number of aliphatic hydroxyl groups is 2. The minimum Gasteiger partial charge on any atom is -0.396 e. The Labute approximate surface area is 144 Å². The highest BCUT2D eigenvalue weighted by Gasteiger charge is 2.27. The van der Waals surface area contributed by atoms with E-state index in [1.807, 2.05) is 31.2 Å². The predicted octanol–water partition coefficient (Wildman–Crippen LogP) is 1.60. The Morgan fingerprint density at radius 2 is 2.04 bits per heavy atom. The summed E-state index contributed by atoms with van der Waals surface area (Å²) in [5, 5.41) is 20.2. The minimum atomic E-state index is -0.473. The van der Waals surface area contributed by atoms with Crippen LogP contribution in [0, 0.1) is 0 Å². The lowest BCUT2D eigenvalue weighted by Crippen LogP contribution is -3.17. The summed E-state index contributed by atoms with van der Waals surface area (Å²) in [6, 6.07) is 8.07. The maximum absolute atomic E-state index is 10.3. The summed E-state index contributed by atoms with van der Waals surface area (Å²) >= 11 is 5.89. The Morgan fingerprint density at radius 1 is 1.30 bits per heavy atom. The number of quaternary nitrogens is 1. The highest BCUT2D eigenvalue weighted by atomic mass is 35.5. The van der Waals surface area contributed by atoms with Gasteiger partial charge in [0.25, 0.3) is 0 Å². The van der Waals surface area contributed by atoms with Gasteiger partial charge in [-0.15, -0.1) is 0 Å². The SMILES string of the molecule is C[C@@H](OC[C@@H](O)C[NH+]1CCCC[C@@H]1CCO)c1ccc(Cl)cc1. The molecule has 2 rings (SSSR count). The van der Waals surface area contributed by atoms with E-state index in [1.165, 1.54) is 17.7 Å². The van der Waals surface area contributed by atoms with E-state index in [2.05, 4.69) is 0 Å². The van der Waals surface area contributed by atoms with Crippen LogP contribution >= 0.6 is 11.6 Å². The van der Waals surface area contributed by atoms with E-state index < -0.39 is 6.10 Å². The van der Waals surface area contributed by atoms with Gasteiger partial charge in [-0.25, -0.2) is 0 Å². The van der Waals surface area contributed by atoms with Crippen LogP contribution in [0.3, 0.4) is 0 Å². The highest BCUT2D eigenvalue weighted by Crippen LogP contribution is 2.19. The van der Waals surface area contributed by atoms with Crippen molar-refractivity contribution in [1.82, 2.24) is 0 Å². The molecule has 1 fully saturated rings. The third-order valence-corrected chi connectivity index (χ3v) is 4.98. The largest absolute Gasteiger partial charge is 0.396 e. The van der Waals surface area contributed by atoms with Crippen molar-refractivity contribution in [2.24, 2.45) is 0 Å². The zero-order chi connectivity index (χ0) is 16.7. The van der Waals surface area contributed by atoms with E-state index in [4.69, 9.17) is 16.3 Å². The third kappa shape index (κ3) is 6.05. The lowest BCUT2D eigenvalue weighted by atomic mass is 9.99. The molecule has 0 spiro atoms. The van der Waals surface area contributed by atoms with Gasteiger partial charge in [-0.05, 0) is 43.9 Å². The predicted molar refractivity (Wildman–Crippen MR) is 91.9 cm³/mol. The summed E-state index contributed by atoms with van der Waals surface area (Å²) in [6.07, 6.45) is 3.86. The quantitative estimate of drug-likeness (QED) is 0.672. The first-order valence-electron chi connectivity index (χ1n) is 8.60. The molecule has 1 heterocycles. The average molecular weight is 343 g/mol. The number of piperidine rings is 1. The Balaban J connectivity index is 1.77. The van der Waals surface area contributed by atoms with Crippen LogP contribution in [0.1, 0.15) is 44.3 Å². The van der Waals surface area contributed by atoms with Gasteiger partial charge in [0, 0.05) is 18.1 Å². The number of likely N-dealkylation sites (tertiary alicyclic amines) is 1. The van der Waals surface area contributed by atoms with Gasteiger partial charge in [0.05, 0.1) is 25.3 Å². The standard InChI is InChI=1S/C18H28ClNO3/c1-14(15-5-7-16(19)8-6-15)23-13-18(22)12-20-10-3-2-4-17(20)9-11-21/h5-8,14,17-18,21-22H,2-4,9-13H2,1H3/p+1/t14-,17-,18+/m1/s1. The molecule has 4 nitrogen and oxygen atoms in total. The van der Waals surface area contributed by atoms with Crippen LogP contribution in [0.2, 0.25) is 5.02 Å². The zero-order valence-electron chi connectivity index (χ0n) is 13.9. The summed E-state index contributed by atoms with van der Waals surface area (Å²) in [5.74, 6) is 0. The van der Waals surface area contributed by atoms with Crippen molar-refractivity contribution in [3.63, 3.8) is 0 Å². The van der Waals surface area contributed by atoms with Gasteiger partial charge in [0.2, 0.25) is 0 Å². The first-order chi connectivity index (χ1) is 11.1. The van der Waals surface area contributed by atoms with E-state index in [-0.39, 0.29) is 12.7 Å². The van der Waals surface area contributed by atoms with E-state index in [1.54, 1.807) is 0 Å². The molecular formula is C18H29ClNO3+. The Kier molecular flexibility index (Phi) is 7.80. The van der Waals surface area contributed by atoms with E-state index >= 15 is 0 Å². The van der Waals surface area contributed by atoms with Crippen molar-refractivity contribution in [3.8, 4) is 0 Å². The molecule has 0 aliphatic carbocycles. The molecule has 1 aromatic rings.